The quantitative estimate of drug-likeness (QED) is 0.708. The van der Waals surface area contributed by atoms with Gasteiger partial charge in [-0.25, -0.2) is 8.78 Å². The highest BCUT2D eigenvalue weighted by Crippen LogP contribution is 2.33. The zero-order chi connectivity index (χ0) is 11.9. The lowest BCUT2D eigenvalue weighted by molar-refractivity contribution is -0.117. The summed E-state index contributed by atoms with van der Waals surface area (Å²) in [6, 6.07) is 1.30. The van der Waals surface area contributed by atoms with Gasteiger partial charge in [-0.2, -0.15) is 0 Å². The zero-order valence-corrected chi connectivity index (χ0v) is 8.76. The fraction of sp³-hybridized carbons (Fsp3) is 0.364. The summed E-state index contributed by atoms with van der Waals surface area (Å²) in [5, 5.41) is 2.39. The first-order chi connectivity index (χ1) is 7.49. The van der Waals surface area contributed by atoms with Gasteiger partial charge in [-0.1, -0.05) is 6.92 Å². The van der Waals surface area contributed by atoms with E-state index in [9.17, 15) is 13.6 Å². The van der Waals surface area contributed by atoms with Crippen LogP contribution in [0.2, 0.25) is 0 Å². The summed E-state index contributed by atoms with van der Waals surface area (Å²) in [7, 11) is 0. The summed E-state index contributed by atoms with van der Waals surface area (Å²) < 4.78 is 26.6. The molecule has 86 valence electrons. The first-order valence-electron chi connectivity index (χ1n) is 5.04. The molecule has 1 aliphatic heterocycles. The lowest BCUT2D eigenvalue weighted by atomic mass is 9.94. The SMILES string of the molecule is C[C@H]1C[C@@H](N)C(=O)Nc2c(F)cc(F)cc21. The third-order valence-electron chi connectivity index (χ3n) is 2.81. The van der Waals surface area contributed by atoms with Crippen molar-refractivity contribution in [3.8, 4) is 0 Å². The summed E-state index contributed by atoms with van der Waals surface area (Å²) in [6.45, 7) is 1.79. The number of carbonyl (C=O) groups is 1. The molecule has 0 saturated heterocycles. The van der Waals surface area contributed by atoms with Gasteiger partial charge in [0, 0.05) is 6.07 Å². The molecule has 0 spiro atoms. The average molecular weight is 226 g/mol. The molecule has 1 amide bonds. The van der Waals surface area contributed by atoms with Crippen LogP contribution < -0.4 is 11.1 Å². The third kappa shape index (κ3) is 1.78. The molecule has 0 radical (unpaired) electrons. The first-order valence-corrected chi connectivity index (χ1v) is 5.04. The molecule has 5 heteroatoms. The second-order valence-electron chi connectivity index (χ2n) is 4.08. The minimum Gasteiger partial charge on any atom is -0.322 e. The summed E-state index contributed by atoms with van der Waals surface area (Å²) >= 11 is 0. The van der Waals surface area contributed by atoms with Gasteiger partial charge in [0.15, 0.2) is 0 Å². The number of fused-ring (bicyclic) bond motifs is 1. The van der Waals surface area contributed by atoms with Crippen molar-refractivity contribution in [3.05, 3.63) is 29.3 Å². The van der Waals surface area contributed by atoms with Gasteiger partial charge in [-0.15, -0.1) is 0 Å². The Labute approximate surface area is 91.6 Å². The Kier molecular flexibility index (Phi) is 2.63. The molecule has 0 unspecified atom stereocenters. The molecule has 1 aliphatic rings. The van der Waals surface area contributed by atoms with Gasteiger partial charge < -0.3 is 11.1 Å². The number of benzene rings is 1. The van der Waals surface area contributed by atoms with Crippen LogP contribution in [-0.4, -0.2) is 11.9 Å². The van der Waals surface area contributed by atoms with Gasteiger partial charge in [0.05, 0.1) is 11.7 Å². The Morgan fingerprint density at radius 2 is 2.12 bits per heavy atom. The highest BCUT2D eigenvalue weighted by molar-refractivity contribution is 5.96. The molecule has 0 fully saturated rings. The van der Waals surface area contributed by atoms with E-state index < -0.39 is 23.6 Å². The van der Waals surface area contributed by atoms with E-state index in [0.29, 0.717) is 12.0 Å². The number of nitrogens with one attached hydrogen (secondary N) is 1. The highest BCUT2D eigenvalue weighted by atomic mass is 19.1. The summed E-state index contributed by atoms with van der Waals surface area (Å²) in [5.41, 5.74) is 6.11. The Morgan fingerprint density at radius 1 is 1.44 bits per heavy atom. The predicted octanol–water partition coefficient (Wildman–Crippen LogP) is 1.74. The van der Waals surface area contributed by atoms with E-state index in [2.05, 4.69) is 5.32 Å². The molecule has 0 saturated carbocycles. The molecular formula is C11H12F2N2O. The monoisotopic (exact) mass is 226 g/mol. The minimum atomic E-state index is -0.760. The topological polar surface area (TPSA) is 55.1 Å². The third-order valence-corrected chi connectivity index (χ3v) is 2.81. The van der Waals surface area contributed by atoms with Crippen LogP contribution in [0, 0.1) is 11.6 Å². The van der Waals surface area contributed by atoms with Crippen molar-refractivity contribution >= 4 is 11.6 Å². The number of hydrogen-bond acceptors (Lipinski definition) is 2. The standard InChI is InChI=1S/C11H12F2N2O/c1-5-2-9(14)11(16)15-10-7(5)3-6(12)4-8(10)13/h3-5,9H,2,14H2,1H3,(H,15,16)/t5-,9+/m0/s1. The Hall–Kier alpha value is -1.49. The van der Waals surface area contributed by atoms with Crippen LogP contribution in [0.15, 0.2) is 12.1 Å². The fourth-order valence-corrected chi connectivity index (χ4v) is 1.94. The maximum absolute atomic E-state index is 13.5. The lowest BCUT2D eigenvalue weighted by Gasteiger charge is -2.12. The predicted molar refractivity (Wildman–Crippen MR) is 56.0 cm³/mol. The van der Waals surface area contributed by atoms with Crippen molar-refractivity contribution in [3.63, 3.8) is 0 Å². The molecule has 1 heterocycles. The minimum absolute atomic E-state index is 0.0480. The number of rotatable bonds is 0. The second-order valence-corrected chi connectivity index (χ2v) is 4.08. The van der Waals surface area contributed by atoms with Crippen LogP contribution in [0.1, 0.15) is 24.8 Å². The average Bonchev–Trinajstić information content (AvgIpc) is 2.29. The van der Waals surface area contributed by atoms with E-state index >= 15 is 0 Å². The van der Waals surface area contributed by atoms with E-state index in [1.54, 1.807) is 6.92 Å². The molecular weight excluding hydrogens is 214 g/mol. The number of amides is 1. The lowest BCUT2D eigenvalue weighted by Crippen LogP contribution is -2.34. The number of hydrogen-bond donors (Lipinski definition) is 2. The molecule has 0 aromatic heterocycles. The van der Waals surface area contributed by atoms with Crippen LogP contribution in [0.25, 0.3) is 0 Å². The normalized spacial score (nSPS) is 24.6. The molecule has 1 aromatic rings. The Morgan fingerprint density at radius 3 is 2.81 bits per heavy atom. The number of anilines is 1. The van der Waals surface area contributed by atoms with Gasteiger partial charge in [0.25, 0.3) is 0 Å². The zero-order valence-electron chi connectivity index (χ0n) is 8.76. The Balaban J connectivity index is 2.55. The highest BCUT2D eigenvalue weighted by Gasteiger charge is 2.27. The maximum atomic E-state index is 13.5. The van der Waals surface area contributed by atoms with Crippen LogP contribution >= 0.6 is 0 Å². The number of carbonyl (C=O) groups excluding carboxylic acids is 1. The number of halogens is 2. The molecule has 2 atom stereocenters. The number of nitrogens with two attached hydrogens (primary N) is 1. The van der Waals surface area contributed by atoms with Crippen molar-refractivity contribution < 1.29 is 13.6 Å². The van der Waals surface area contributed by atoms with Gasteiger partial charge in [-0.05, 0) is 24.0 Å². The van der Waals surface area contributed by atoms with Crippen LogP contribution in [0.3, 0.4) is 0 Å². The van der Waals surface area contributed by atoms with Crippen LogP contribution in [0.4, 0.5) is 14.5 Å². The van der Waals surface area contributed by atoms with Crippen LogP contribution in [-0.2, 0) is 4.79 Å². The van der Waals surface area contributed by atoms with Crippen molar-refractivity contribution in [2.24, 2.45) is 5.73 Å². The summed E-state index contributed by atoms with van der Waals surface area (Å²) in [4.78, 5) is 11.5. The van der Waals surface area contributed by atoms with Crippen molar-refractivity contribution in [1.82, 2.24) is 0 Å². The Bertz CT molecular complexity index is 448. The largest absolute Gasteiger partial charge is 0.322 e. The van der Waals surface area contributed by atoms with Crippen molar-refractivity contribution in [2.45, 2.75) is 25.3 Å². The fourth-order valence-electron chi connectivity index (χ4n) is 1.94. The molecule has 2 rings (SSSR count). The molecule has 16 heavy (non-hydrogen) atoms. The first kappa shape index (κ1) is 11.0. The van der Waals surface area contributed by atoms with E-state index in [1.165, 1.54) is 6.07 Å². The van der Waals surface area contributed by atoms with Crippen molar-refractivity contribution in [2.75, 3.05) is 5.32 Å². The van der Waals surface area contributed by atoms with Gasteiger partial charge >= 0.3 is 0 Å². The molecule has 3 N–H and O–H groups in total. The van der Waals surface area contributed by atoms with E-state index in [4.69, 9.17) is 5.73 Å². The molecule has 3 nitrogen and oxygen atoms in total. The van der Waals surface area contributed by atoms with Crippen LogP contribution in [0.5, 0.6) is 0 Å². The van der Waals surface area contributed by atoms with E-state index in [0.717, 1.165) is 6.07 Å². The second kappa shape index (κ2) is 3.83. The summed E-state index contributed by atoms with van der Waals surface area (Å²) in [6.07, 6.45) is 0.377. The smallest absolute Gasteiger partial charge is 0.241 e. The van der Waals surface area contributed by atoms with Crippen molar-refractivity contribution in [1.29, 1.82) is 0 Å². The van der Waals surface area contributed by atoms with E-state index in [-0.39, 0.29) is 11.6 Å². The molecule has 1 aromatic carbocycles. The van der Waals surface area contributed by atoms with E-state index in [1.807, 2.05) is 0 Å². The maximum Gasteiger partial charge on any atom is 0.241 e. The van der Waals surface area contributed by atoms with Gasteiger partial charge in [-0.3, -0.25) is 4.79 Å². The van der Waals surface area contributed by atoms with Gasteiger partial charge in [0.1, 0.15) is 11.6 Å². The molecule has 0 aliphatic carbocycles. The molecule has 0 bridgehead atoms. The van der Waals surface area contributed by atoms with Gasteiger partial charge in [0.2, 0.25) is 5.91 Å². The summed E-state index contributed by atoms with van der Waals surface area (Å²) in [5.74, 6) is -2.00.